The molecule has 1 heterocycles. The van der Waals surface area contributed by atoms with Crippen molar-refractivity contribution in [1.82, 2.24) is 9.71 Å². The summed E-state index contributed by atoms with van der Waals surface area (Å²) in [5.41, 5.74) is 7.10. The van der Waals surface area contributed by atoms with Gasteiger partial charge in [-0.2, -0.15) is 0 Å². The molecule has 0 saturated heterocycles. The lowest BCUT2D eigenvalue weighted by molar-refractivity contribution is 0.581. The summed E-state index contributed by atoms with van der Waals surface area (Å²) in [4.78, 5) is 4.48. The number of thiazole rings is 1. The zero-order valence-electron chi connectivity index (χ0n) is 10.8. The van der Waals surface area contributed by atoms with Crippen LogP contribution in [0.5, 0.6) is 0 Å². The summed E-state index contributed by atoms with van der Waals surface area (Å²) in [5, 5.41) is 2.87. The number of benzene rings is 1. The topological polar surface area (TPSA) is 85.1 Å². The number of nitrogen functional groups attached to an aromatic ring is 1. The molecule has 5 nitrogen and oxygen atoms in total. The molecule has 20 heavy (non-hydrogen) atoms. The number of nitrogens with two attached hydrogens (primary N) is 1. The second kappa shape index (κ2) is 6.21. The fourth-order valence-electron chi connectivity index (χ4n) is 1.57. The van der Waals surface area contributed by atoms with Crippen LogP contribution in [-0.2, 0) is 16.4 Å². The van der Waals surface area contributed by atoms with Crippen molar-refractivity contribution in [2.75, 3.05) is 12.3 Å². The van der Waals surface area contributed by atoms with Crippen molar-refractivity contribution in [2.45, 2.75) is 18.2 Å². The molecule has 0 radical (unpaired) electrons. The molecular weight excluding hydrogens is 362 g/mol. The Kier molecular flexibility index (Phi) is 4.79. The minimum Gasteiger partial charge on any atom is -0.398 e. The zero-order chi connectivity index (χ0) is 14.8. The van der Waals surface area contributed by atoms with Gasteiger partial charge in [0.1, 0.15) is 0 Å². The van der Waals surface area contributed by atoms with E-state index in [1.807, 2.05) is 12.3 Å². The van der Waals surface area contributed by atoms with Gasteiger partial charge in [0, 0.05) is 34.2 Å². The zero-order valence-corrected chi connectivity index (χ0v) is 14.0. The number of rotatable bonds is 5. The van der Waals surface area contributed by atoms with Crippen LogP contribution in [0, 0.1) is 6.92 Å². The lowest BCUT2D eigenvalue weighted by atomic mass is 10.3. The van der Waals surface area contributed by atoms with Crippen molar-refractivity contribution >= 4 is 43.0 Å². The fraction of sp³-hybridized carbons (Fsp3) is 0.250. The van der Waals surface area contributed by atoms with Gasteiger partial charge in [-0.25, -0.2) is 18.1 Å². The Bertz CT molecular complexity index is 713. The second-order valence-corrected chi connectivity index (χ2v) is 7.78. The van der Waals surface area contributed by atoms with Gasteiger partial charge in [-0.15, -0.1) is 11.3 Å². The number of aromatic nitrogens is 1. The van der Waals surface area contributed by atoms with E-state index in [4.69, 9.17) is 5.73 Å². The van der Waals surface area contributed by atoms with Crippen LogP contribution < -0.4 is 10.5 Å². The van der Waals surface area contributed by atoms with Gasteiger partial charge in [0.15, 0.2) is 0 Å². The first-order chi connectivity index (χ1) is 9.38. The molecule has 0 amide bonds. The summed E-state index contributed by atoms with van der Waals surface area (Å²) in [6, 6.07) is 4.53. The third-order valence-corrected chi connectivity index (χ3v) is 5.75. The van der Waals surface area contributed by atoms with Gasteiger partial charge in [0.2, 0.25) is 10.0 Å². The van der Waals surface area contributed by atoms with E-state index in [0.29, 0.717) is 23.1 Å². The van der Waals surface area contributed by atoms with E-state index in [1.165, 1.54) is 23.5 Å². The number of aryl methyl sites for hydroxylation is 1. The average Bonchev–Trinajstić information content (AvgIpc) is 2.78. The molecule has 0 fully saturated rings. The molecule has 8 heteroatoms. The van der Waals surface area contributed by atoms with Crippen LogP contribution in [0.4, 0.5) is 5.69 Å². The van der Waals surface area contributed by atoms with E-state index in [0.717, 1.165) is 10.7 Å². The smallest absolute Gasteiger partial charge is 0.240 e. The molecular formula is C12H14BrN3O2S2. The number of nitrogens with zero attached hydrogens (tertiary/aromatic N) is 1. The number of anilines is 1. The highest BCUT2D eigenvalue weighted by Gasteiger charge is 2.14. The minimum atomic E-state index is -3.52. The van der Waals surface area contributed by atoms with E-state index in [9.17, 15) is 8.42 Å². The highest BCUT2D eigenvalue weighted by atomic mass is 79.9. The van der Waals surface area contributed by atoms with Crippen LogP contribution in [0.25, 0.3) is 0 Å². The molecule has 0 aliphatic heterocycles. The molecule has 0 unspecified atom stereocenters. The van der Waals surface area contributed by atoms with Crippen LogP contribution in [0.2, 0.25) is 0 Å². The van der Waals surface area contributed by atoms with Crippen molar-refractivity contribution < 1.29 is 8.42 Å². The maximum absolute atomic E-state index is 12.1. The minimum absolute atomic E-state index is 0.189. The Labute approximate surface area is 130 Å². The van der Waals surface area contributed by atoms with Crippen LogP contribution in [0.15, 0.2) is 32.9 Å². The maximum atomic E-state index is 12.1. The van der Waals surface area contributed by atoms with Crippen molar-refractivity contribution in [3.63, 3.8) is 0 Å². The van der Waals surface area contributed by atoms with Gasteiger partial charge in [0.05, 0.1) is 9.90 Å². The van der Waals surface area contributed by atoms with Crippen molar-refractivity contribution in [3.8, 4) is 0 Å². The van der Waals surface area contributed by atoms with Crippen molar-refractivity contribution in [2.24, 2.45) is 0 Å². The normalized spacial score (nSPS) is 11.7. The molecule has 0 saturated carbocycles. The van der Waals surface area contributed by atoms with E-state index in [-0.39, 0.29) is 4.90 Å². The third kappa shape index (κ3) is 3.78. The van der Waals surface area contributed by atoms with Crippen LogP contribution in [0.1, 0.15) is 10.7 Å². The van der Waals surface area contributed by atoms with E-state index >= 15 is 0 Å². The maximum Gasteiger partial charge on any atom is 0.240 e. The van der Waals surface area contributed by atoms with Gasteiger partial charge in [-0.3, -0.25) is 0 Å². The summed E-state index contributed by atoms with van der Waals surface area (Å²) < 4.78 is 27.3. The predicted molar refractivity (Wildman–Crippen MR) is 84.3 cm³/mol. The first-order valence-corrected chi connectivity index (χ1v) is 9.00. The van der Waals surface area contributed by atoms with Gasteiger partial charge < -0.3 is 5.73 Å². The molecule has 108 valence electrons. The summed E-state index contributed by atoms with van der Waals surface area (Å²) in [6.07, 6.45) is 0.577. The van der Waals surface area contributed by atoms with Crippen molar-refractivity contribution in [1.29, 1.82) is 0 Å². The Hall–Kier alpha value is -0.960. The van der Waals surface area contributed by atoms with E-state index in [1.54, 1.807) is 6.07 Å². The van der Waals surface area contributed by atoms with Crippen LogP contribution >= 0.6 is 27.3 Å². The summed E-state index contributed by atoms with van der Waals surface area (Å²) in [7, 11) is -3.52. The number of hydrogen-bond donors (Lipinski definition) is 2. The summed E-state index contributed by atoms with van der Waals surface area (Å²) in [6.45, 7) is 2.23. The third-order valence-electron chi connectivity index (χ3n) is 2.58. The molecule has 2 aromatic rings. The lowest BCUT2D eigenvalue weighted by Crippen LogP contribution is -2.26. The predicted octanol–water partition coefficient (Wildman–Crippen LogP) is 2.32. The molecule has 1 aromatic heterocycles. The Balaban J connectivity index is 2.02. The molecule has 0 bridgehead atoms. The molecule has 1 aromatic carbocycles. The molecule has 0 spiro atoms. The summed E-state index contributed by atoms with van der Waals surface area (Å²) in [5.74, 6) is 0. The van der Waals surface area contributed by atoms with Crippen molar-refractivity contribution in [3.05, 3.63) is 38.8 Å². The number of sulfonamides is 1. The quantitative estimate of drug-likeness (QED) is 0.785. The first kappa shape index (κ1) is 15.4. The largest absolute Gasteiger partial charge is 0.398 e. The molecule has 0 aliphatic rings. The average molecular weight is 376 g/mol. The molecule has 0 aliphatic carbocycles. The molecule has 3 N–H and O–H groups in total. The monoisotopic (exact) mass is 375 g/mol. The first-order valence-electron chi connectivity index (χ1n) is 5.84. The number of nitrogens with one attached hydrogen (secondary N) is 1. The van der Waals surface area contributed by atoms with Gasteiger partial charge in [-0.05, 0) is 41.1 Å². The molecule has 0 atom stereocenters. The van der Waals surface area contributed by atoms with E-state index in [2.05, 4.69) is 25.6 Å². The highest BCUT2D eigenvalue weighted by molar-refractivity contribution is 9.10. The Morgan fingerprint density at radius 2 is 2.20 bits per heavy atom. The molecule has 2 rings (SSSR count). The van der Waals surface area contributed by atoms with Gasteiger partial charge >= 0.3 is 0 Å². The Morgan fingerprint density at radius 3 is 2.80 bits per heavy atom. The SMILES string of the molecule is Cc1csc(CCNS(=O)(=O)c2ccc(N)c(Br)c2)n1. The van der Waals surface area contributed by atoms with Crippen LogP contribution in [0.3, 0.4) is 0 Å². The van der Waals surface area contributed by atoms with Gasteiger partial charge in [-0.1, -0.05) is 0 Å². The number of halogens is 1. The van der Waals surface area contributed by atoms with Crippen LogP contribution in [-0.4, -0.2) is 19.9 Å². The summed E-state index contributed by atoms with van der Waals surface area (Å²) >= 11 is 4.75. The second-order valence-electron chi connectivity index (χ2n) is 4.21. The van der Waals surface area contributed by atoms with E-state index < -0.39 is 10.0 Å². The fourth-order valence-corrected chi connectivity index (χ4v) is 3.93. The standard InChI is InChI=1S/C12H14BrN3O2S2/c1-8-7-19-12(16-8)4-5-15-20(17,18)9-2-3-11(14)10(13)6-9/h2-3,6-7,15H,4-5,14H2,1H3. The number of hydrogen-bond acceptors (Lipinski definition) is 5. The highest BCUT2D eigenvalue weighted by Crippen LogP contribution is 2.22. The lowest BCUT2D eigenvalue weighted by Gasteiger charge is -2.07. The Morgan fingerprint density at radius 1 is 1.45 bits per heavy atom. The van der Waals surface area contributed by atoms with Gasteiger partial charge in [0.25, 0.3) is 0 Å².